The van der Waals surface area contributed by atoms with Crippen molar-refractivity contribution in [2.45, 2.75) is 25.9 Å². The van der Waals surface area contributed by atoms with Gasteiger partial charge in [0, 0.05) is 13.1 Å². The van der Waals surface area contributed by atoms with Crippen LogP contribution in [0.5, 0.6) is 0 Å². The van der Waals surface area contributed by atoms with E-state index in [1.807, 2.05) is 0 Å². The predicted octanol–water partition coefficient (Wildman–Crippen LogP) is 1.15. The topological polar surface area (TPSA) is 55.6 Å². The molecule has 0 aromatic heterocycles. The molecule has 1 aliphatic rings. The lowest BCUT2D eigenvalue weighted by Gasteiger charge is -2.38. The van der Waals surface area contributed by atoms with Gasteiger partial charge in [0.15, 0.2) is 0 Å². The Morgan fingerprint density at radius 1 is 1.39 bits per heavy atom. The minimum absolute atomic E-state index is 0.0314. The van der Waals surface area contributed by atoms with E-state index in [0.717, 1.165) is 12.8 Å². The first kappa shape index (κ1) is 15.2. The van der Waals surface area contributed by atoms with Crippen molar-refractivity contribution in [2.24, 2.45) is 11.1 Å². The van der Waals surface area contributed by atoms with Crippen LogP contribution in [0.3, 0.4) is 0 Å². The first-order chi connectivity index (χ1) is 8.26. The lowest BCUT2D eigenvalue weighted by atomic mass is 9.80. The van der Waals surface area contributed by atoms with Crippen LogP contribution in [0.2, 0.25) is 0 Å². The van der Waals surface area contributed by atoms with E-state index in [2.05, 4.69) is 11.7 Å². The molecule has 1 aliphatic heterocycles. The van der Waals surface area contributed by atoms with Gasteiger partial charge in [-0.1, -0.05) is 6.92 Å². The molecule has 18 heavy (non-hydrogen) atoms. The zero-order chi connectivity index (χ0) is 13.8. The number of nitrogens with two attached hydrogens (primary N) is 1. The molecular formula is C11H19F3N2O2. The molecule has 0 atom stereocenters. The summed E-state index contributed by atoms with van der Waals surface area (Å²) in [5.74, 6) is -0.390. The van der Waals surface area contributed by atoms with Crippen LogP contribution in [-0.2, 0) is 9.53 Å². The molecule has 1 heterocycles. The van der Waals surface area contributed by atoms with Crippen LogP contribution in [0.1, 0.15) is 19.8 Å². The maximum absolute atomic E-state index is 11.8. The van der Waals surface area contributed by atoms with E-state index in [0.29, 0.717) is 19.6 Å². The normalized spacial score (nSPS) is 19.9. The molecule has 0 saturated carbocycles. The molecule has 0 bridgehead atoms. The Hall–Kier alpha value is -0.820. The van der Waals surface area contributed by atoms with Gasteiger partial charge in [-0.3, -0.25) is 4.79 Å². The summed E-state index contributed by atoms with van der Waals surface area (Å²) in [4.78, 5) is 13.1. The van der Waals surface area contributed by atoms with Crippen LogP contribution >= 0.6 is 0 Å². The summed E-state index contributed by atoms with van der Waals surface area (Å²) < 4.78 is 39.8. The van der Waals surface area contributed by atoms with Gasteiger partial charge in [-0.15, -0.1) is 0 Å². The molecule has 1 rings (SSSR count). The quantitative estimate of drug-likeness (QED) is 0.832. The van der Waals surface area contributed by atoms with E-state index in [9.17, 15) is 18.0 Å². The molecule has 1 amide bonds. The number of likely N-dealkylation sites (tertiary alicyclic amines) is 1. The number of nitrogens with zero attached hydrogens (tertiary/aromatic N) is 1. The van der Waals surface area contributed by atoms with Gasteiger partial charge in [0.25, 0.3) is 0 Å². The predicted molar refractivity (Wildman–Crippen MR) is 59.8 cm³/mol. The van der Waals surface area contributed by atoms with Crippen LogP contribution in [-0.4, -0.2) is 49.8 Å². The highest BCUT2D eigenvalue weighted by molar-refractivity contribution is 5.77. The van der Waals surface area contributed by atoms with Gasteiger partial charge in [0.2, 0.25) is 5.91 Å². The number of ether oxygens (including phenoxy) is 1. The lowest BCUT2D eigenvalue weighted by Crippen LogP contribution is -2.46. The minimum Gasteiger partial charge on any atom is -0.362 e. The molecule has 0 aromatic rings. The van der Waals surface area contributed by atoms with Crippen molar-refractivity contribution in [1.29, 1.82) is 0 Å². The molecule has 1 fully saturated rings. The second-order valence-electron chi connectivity index (χ2n) is 5.00. The molecule has 2 N–H and O–H groups in total. The Bertz CT molecular complexity index is 287. The molecular weight excluding hydrogens is 249 g/mol. The molecule has 0 aliphatic carbocycles. The third kappa shape index (κ3) is 4.81. The van der Waals surface area contributed by atoms with E-state index in [4.69, 9.17) is 5.73 Å². The van der Waals surface area contributed by atoms with Crippen LogP contribution in [0.4, 0.5) is 13.2 Å². The van der Waals surface area contributed by atoms with Crippen LogP contribution < -0.4 is 5.73 Å². The SMILES string of the molecule is CC1(CN)CCN(C(=O)COCC(F)(F)F)CC1. The summed E-state index contributed by atoms with van der Waals surface area (Å²) >= 11 is 0. The zero-order valence-electron chi connectivity index (χ0n) is 10.4. The average molecular weight is 268 g/mol. The first-order valence-corrected chi connectivity index (χ1v) is 5.88. The Balaban J connectivity index is 2.28. The fraction of sp³-hybridized carbons (Fsp3) is 0.909. The highest BCUT2D eigenvalue weighted by atomic mass is 19.4. The van der Waals surface area contributed by atoms with Gasteiger partial charge in [0.1, 0.15) is 13.2 Å². The van der Waals surface area contributed by atoms with Crippen LogP contribution in [0.25, 0.3) is 0 Å². The Morgan fingerprint density at radius 3 is 2.39 bits per heavy atom. The zero-order valence-corrected chi connectivity index (χ0v) is 10.4. The second-order valence-corrected chi connectivity index (χ2v) is 5.00. The van der Waals surface area contributed by atoms with E-state index < -0.39 is 25.3 Å². The standard InChI is InChI=1S/C11H19F3N2O2/c1-10(7-15)2-4-16(5-3-10)9(17)6-18-8-11(12,13)14/h2-8,15H2,1H3. The number of halogens is 3. The van der Waals surface area contributed by atoms with Gasteiger partial charge >= 0.3 is 6.18 Å². The molecule has 106 valence electrons. The maximum Gasteiger partial charge on any atom is 0.411 e. The third-order valence-electron chi connectivity index (χ3n) is 3.31. The smallest absolute Gasteiger partial charge is 0.362 e. The van der Waals surface area contributed by atoms with Crippen molar-refractivity contribution in [2.75, 3.05) is 32.8 Å². The fourth-order valence-corrected chi connectivity index (χ4v) is 1.85. The van der Waals surface area contributed by atoms with Gasteiger partial charge in [-0.2, -0.15) is 13.2 Å². The van der Waals surface area contributed by atoms with Crippen LogP contribution in [0.15, 0.2) is 0 Å². The molecule has 0 radical (unpaired) electrons. The number of carbonyl (C=O) groups is 1. The molecule has 7 heteroatoms. The highest BCUT2D eigenvalue weighted by Crippen LogP contribution is 2.29. The average Bonchev–Trinajstić information content (AvgIpc) is 2.28. The molecule has 0 unspecified atom stereocenters. The Morgan fingerprint density at radius 2 is 1.94 bits per heavy atom. The van der Waals surface area contributed by atoms with E-state index in [1.165, 1.54) is 4.90 Å². The Labute approximate surface area is 104 Å². The summed E-state index contributed by atoms with van der Waals surface area (Å²) in [6.07, 6.45) is -2.84. The molecule has 0 spiro atoms. The minimum atomic E-state index is -4.39. The molecule has 1 saturated heterocycles. The monoisotopic (exact) mass is 268 g/mol. The number of carbonyl (C=O) groups excluding carboxylic acids is 1. The molecule has 4 nitrogen and oxygen atoms in total. The summed E-state index contributed by atoms with van der Waals surface area (Å²) in [5.41, 5.74) is 5.67. The van der Waals surface area contributed by atoms with E-state index in [-0.39, 0.29) is 5.41 Å². The van der Waals surface area contributed by atoms with Crippen molar-refractivity contribution in [3.63, 3.8) is 0 Å². The number of alkyl halides is 3. The maximum atomic E-state index is 11.8. The summed E-state index contributed by atoms with van der Waals surface area (Å²) in [5, 5.41) is 0. The second kappa shape index (κ2) is 5.88. The first-order valence-electron chi connectivity index (χ1n) is 5.88. The number of hydrogen-bond donors (Lipinski definition) is 1. The van der Waals surface area contributed by atoms with Gasteiger partial charge in [-0.05, 0) is 24.8 Å². The number of amides is 1. The van der Waals surface area contributed by atoms with Crippen molar-refractivity contribution in [3.05, 3.63) is 0 Å². The summed E-state index contributed by atoms with van der Waals surface area (Å²) in [6, 6.07) is 0. The number of rotatable bonds is 4. The Kier molecular flexibility index (Phi) is 4.98. The van der Waals surface area contributed by atoms with Gasteiger partial charge < -0.3 is 15.4 Å². The van der Waals surface area contributed by atoms with Gasteiger partial charge in [0.05, 0.1) is 0 Å². The van der Waals surface area contributed by atoms with E-state index >= 15 is 0 Å². The fourth-order valence-electron chi connectivity index (χ4n) is 1.85. The number of piperidine rings is 1. The summed E-state index contributed by atoms with van der Waals surface area (Å²) in [6.45, 7) is 1.77. The highest BCUT2D eigenvalue weighted by Gasteiger charge is 2.32. The summed E-state index contributed by atoms with van der Waals surface area (Å²) in [7, 11) is 0. The molecule has 0 aromatic carbocycles. The van der Waals surface area contributed by atoms with Crippen molar-refractivity contribution in [3.8, 4) is 0 Å². The number of hydrogen-bond acceptors (Lipinski definition) is 3. The van der Waals surface area contributed by atoms with E-state index in [1.54, 1.807) is 0 Å². The largest absolute Gasteiger partial charge is 0.411 e. The van der Waals surface area contributed by atoms with Crippen molar-refractivity contribution >= 4 is 5.91 Å². The third-order valence-corrected chi connectivity index (χ3v) is 3.31. The van der Waals surface area contributed by atoms with Crippen molar-refractivity contribution < 1.29 is 22.7 Å². The van der Waals surface area contributed by atoms with Gasteiger partial charge in [-0.25, -0.2) is 0 Å². The van der Waals surface area contributed by atoms with Crippen molar-refractivity contribution in [1.82, 2.24) is 4.90 Å². The lowest BCUT2D eigenvalue weighted by molar-refractivity contribution is -0.178. The van der Waals surface area contributed by atoms with Crippen LogP contribution in [0, 0.1) is 5.41 Å².